The van der Waals surface area contributed by atoms with Crippen LogP contribution >= 0.6 is 0 Å². The summed E-state index contributed by atoms with van der Waals surface area (Å²) < 4.78 is 103. The molecule has 0 fully saturated rings. The number of pyridine rings is 2. The molecule has 0 aliphatic rings. The first-order valence-corrected chi connectivity index (χ1v) is 9.67. The van der Waals surface area contributed by atoms with Crippen molar-refractivity contribution in [1.29, 1.82) is 0 Å². The van der Waals surface area contributed by atoms with Crippen molar-refractivity contribution in [1.82, 2.24) is 19.5 Å². The summed E-state index contributed by atoms with van der Waals surface area (Å²) in [4.78, 5) is 10.8. The first-order chi connectivity index (χ1) is 13.3. The van der Waals surface area contributed by atoms with Crippen LogP contribution in [0.4, 0.5) is 26.3 Å². The zero-order chi connectivity index (χ0) is 21.6. The molecular formula is C16H12F6N4O2S. The standard InChI is InChI=1S/C16H12F6N4O2S/c1-2-29(27,28)11-4-3-5-23-12(11)14-25-10-6-9(16(20,21)22)7-24-13(10)26(14)8-15(17,18)19/h3-7H,2,8H2,1H3. The lowest BCUT2D eigenvalue weighted by Gasteiger charge is -2.13. The molecule has 0 spiro atoms. The maximum atomic E-state index is 13.1. The highest BCUT2D eigenvalue weighted by atomic mass is 32.2. The van der Waals surface area contributed by atoms with Gasteiger partial charge < -0.3 is 0 Å². The molecule has 3 aromatic rings. The van der Waals surface area contributed by atoms with E-state index in [2.05, 4.69) is 15.0 Å². The van der Waals surface area contributed by atoms with E-state index >= 15 is 0 Å². The molecule has 156 valence electrons. The topological polar surface area (TPSA) is 77.7 Å². The molecule has 0 saturated carbocycles. The Morgan fingerprint density at radius 1 is 1.10 bits per heavy atom. The third kappa shape index (κ3) is 4.18. The highest BCUT2D eigenvalue weighted by Gasteiger charge is 2.35. The van der Waals surface area contributed by atoms with E-state index in [1.165, 1.54) is 13.0 Å². The summed E-state index contributed by atoms with van der Waals surface area (Å²) >= 11 is 0. The van der Waals surface area contributed by atoms with Crippen LogP contribution in [0.1, 0.15) is 12.5 Å². The van der Waals surface area contributed by atoms with Crippen molar-refractivity contribution < 1.29 is 34.8 Å². The molecule has 0 atom stereocenters. The van der Waals surface area contributed by atoms with Crippen molar-refractivity contribution in [2.75, 3.05) is 5.75 Å². The summed E-state index contributed by atoms with van der Waals surface area (Å²) in [6.45, 7) is -0.304. The Morgan fingerprint density at radius 2 is 1.79 bits per heavy atom. The number of hydrogen-bond donors (Lipinski definition) is 0. The minimum atomic E-state index is -4.78. The van der Waals surface area contributed by atoms with Crippen LogP contribution < -0.4 is 0 Å². The number of hydrogen-bond acceptors (Lipinski definition) is 5. The van der Waals surface area contributed by atoms with Crippen molar-refractivity contribution in [3.05, 3.63) is 36.2 Å². The van der Waals surface area contributed by atoms with Crippen LogP contribution in [0.5, 0.6) is 0 Å². The van der Waals surface area contributed by atoms with Gasteiger partial charge in [-0.3, -0.25) is 9.55 Å². The summed E-state index contributed by atoms with van der Waals surface area (Å²) in [6.07, 6.45) is -8.01. The number of rotatable bonds is 4. The minimum absolute atomic E-state index is 0.359. The molecule has 0 unspecified atom stereocenters. The van der Waals surface area contributed by atoms with Gasteiger partial charge in [0.1, 0.15) is 17.8 Å². The van der Waals surface area contributed by atoms with Crippen LogP contribution in [0.25, 0.3) is 22.7 Å². The lowest BCUT2D eigenvalue weighted by molar-refractivity contribution is -0.140. The maximum Gasteiger partial charge on any atom is 0.417 e. The fourth-order valence-electron chi connectivity index (χ4n) is 2.64. The van der Waals surface area contributed by atoms with Crippen molar-refractivity contribution in [2.24, 2.45) is 0 Å². The second kappa shape index (κ2) is 6.97. The molecule has 0 N–H and O–H groups in total. The molecule has 6 nitrogen and oxygen atoms in total. The third-order valence-corrected chi connectivity index (χ3v) is 5.71. The number of alkyl halides is 6. The average Bonchev–Trinajstić information content (AvgIpc) is 2.97. The second-order valence-electron chi connectivity index (χ2n) is 5.95. The summed E-state index contributed by atoms with van der Waals surface area (Å²) in [5, 5.41) is 0. The molecular weight excluding hydrogens is 426 g/mol. The van der Waals surface area contributed by atoms with Gasteiger partial charge in [-0.15, -0.1) is 0 Å². The van der Waals surface area contributed by atoms with Crippen LogP contribution in [0.3, 0.4) is 0 Å². The number of fused-ring (bicyclic) bond motifs is 1. The van der Waals surface area contributed by atoms with Crippen LogP contribution in [0, 0.1) is 0 Å². The SMILES string of the molecule is CCS(=O)(=O)c1cccnc1-c1nc2cc(C(F)(F)F)cnc2n1CC(F)(F)F. The smallest absolute Gasteiger partial charge is 0.298 e. The van der Waals surface area contributed by atoms with Gasteiger partial charge in [0.05, 0.1) is 16.2 Å². The van der Waals surface area contributed by atoms with Gasteiger partial charge in [0.15, 0.2) is 21.3 Å². The van der Waals surface area contributed by atoms with E-state index in [0.29, 0.717) is 16.8 Å². The predicted molar refractivity (Wildman–Crippen MR) is 89.5 cm³/mol. The van der Waals surface area contributed by atoms with Crippen LogP contribution in [-0.4, -0.2) is 39.9 Å². The molecule has 13 heteroatoms. The van der Waals surface area contributed by atoms with Crippen LogP contribution in [0.2, 0.25) is 0 Å². The zero-order valence-electron chi connectivity index (χ0n) is 14.6. The first-order valence-electron chi connectivity index (χ1n) is 8.02. The maximum absolute atomic E-state index is 13.1. The van der Waals surface area contributed by atoms with Crippen LogP contribution in [0.15, 0.2) is 35.5 Å². The zero-order valence-corrected chi connectivity index (χ0v) is 15.4. The molecule has 3 aromatic heterocycles. The molecule has 0 aromatic carbocycles. The molecule has 0 radical (unpaired) electrons. The van der Waals surface area contributed by atoms with Gasteiger partial charge in [0.25, 0.3) is 0 Å². The van der Waals surface area contributed by atoms with Gasteiger partial charge >= 0.3 is 12.4 Å². The summed E-state index contributed by atoms with van der Waals surface area (Å²) in [7, 11) is -3.90. The normalized spacial score (nSPS) is 13.2. The van der Waals surface area contributed by atoms with E-state index in [-0.39, 0.29) is 10.6 Å². The quantitative estimate of drug-likeness (QED) is 0.578. The fraction of sp³-hybridized carbons (Fsp3) is 0.312. The average molecular weight is 438 g/mol. The van der Waals surface area contributed by atoms with E-state index in [9.17, 15) is 34.8 Å². The van der Waals surface area contributed by atoms with Crippen molar-refractivity contribution in [3.63, 3.8) is 0 Å². The van der Waals surface area contributed by atoms with E-state index in [4.69, 9.17) is 0 Å². The van der Waals surface area contributed by atoms with Gasteiger partial charge in [-0.25, -0.2) is 18.4 Å². The molecule has 3 rings (SSSR count). The van der Waals surface area contributed by atoms with E-state index < -0.39 is 57.0 Å². The summed E-state index contributed by atoms with van der Waals surface area (Å²) in [5.74, 6) is -0.904. The molecule has 3 heterocycles. The Balaban J connectivity index is 2.34. The Labute approximate surface area is 160 Å². The van der Waals surface area contributed by atoms with Gasteiger partial charge in [-0.2, -0.15) is 26.3 Å². The highest BCUT2D eigenvalue weighted by molar-refractivity contribution is 7.91. The Morgan fingerprint density at radius 3 is 2.38 bits per heavy atom. The Kier molecular flexibility index (Phi) is 5.05. The van der Waals surface area contributed by atoms with Gasteiger partial charge in [-0.05, 0) is 18.2 Å². The molecule has 0 aliphatic carbocycles. The molecule has 29 heavy (non-hydrogen) atoms. The molecule has 0 aliphatic heterocycles. The monoisotopic (exact) mass is 438 g/mol. The van der Waals surface area contributed by atoms with Crippen molar-refractivity contribution in [3.8, 4) is 11.5 Å². The molecule has 0 amide bonds. The van der Waals surface area contributed by atoms with Gasteiger partial charge in [-0.1, -0.05) is 6.92 Å². The highest BCUT2D eigenvalue weighted by Crippen LogP contribution is 2.34. The van der Waals surface area contributed by atoms with Gasteiger partial charge in [0, 0.05) is 12.4 Å². The number of sulfone groups is 1. The van der Waals surface area contributed by atoms with E-state index in [1.54, 1.807) is 0 Å². The first kappa shape index (κ1) is 21.0. The number of halogens is 6. The van der Waals surface area contributed by atoms with Gasteiger partial charge in [0.2, 0.25) is 0 Å². The Bertz CT molecular complexity index is 1170. The predicted octanol–water partition coefficient (Wildman–Crippen LogP) is 3.87. The molecule has 0 bridgehead atoms. The fourth-order valence-corrected chi connectivity index (χ4v) is 3.68. The second-order valence-corrected chi connectivity index (χ2v) is 8.20. The number of aromatic nitrogens is 4. The number of imidazole rings is 1. The van der Waals surface area contributed by atoms with E-state index in [1.807, 2.05) is 0 Å². The summed E-state index contributed by atoms with van der Waals surface area (Å²) in [6, 6.07) is 2.98. The Hall–Kier alpha value is -2.70. The molecule has 0 saturated heterocycles. The lowest BCUT2D eigenvalue weighted by Crippen LogP contribution is -2.19. The third-order valence-electron chi connectivity index (χ3n) is 3.95. The number of nitrogens with zero attached hydrogens (tertiary/aromatic N) is 4. The lowest BCUT2D eigenvalue weighted by atomic mass is 10.2. The van der Waals surface area contributed by atoms with E-state index in [0.717, 1.165) is 12.3 Å². The van der Waals surface area contributed by atoms with Crippen molar-refractivity contribution >= 4 is 21.0 Å². The van der Waals surface area contributed by atoms with Crippen molar-refractivity contribution in [2.45, 2.75) is 30.7 Å². The summed E-state index contributed by atoms with van der Waals surface area (Å²) in [5.41, 5.74) is -2.54. The minimum Gasteiger partial charge on any atom is -0.298 e. The largest absolute Gasteiger partial charge is 0.417 e. The van der Waals surface area contributed by atoms with Crippen LogP contribution in [-0.2, 0) is 22.6 Å².